The quantitative estimate of drug-likeness (QED) is 0.898. The van der Waals surface area contributed by atoms with Crippen LogP contribution in [0.15, 0.2) is 12.3 Å². The molecule has 1 aromatic heterocycles. The van der Waals surface area contributed by atoms with E-state index in [1.54, 1.807) is 6.92 Å². The number of ether oxygens (including phenoxy) is 1. The molecule has 19 heavy (non-hydrogen) atoms. The van der Waals surface area contributed by atoms with E-state index in [0.29, 0.717) is 12.1 Å². The molecule has 0 saturated carbocycles. The van der Waals surface area contributed by atoms with Crippen molar-refractivity contribution in [1.82, 2.24) is 4.98 Å². The van der Waals surface area contributed by atoms with Gasteiger partial charge in [-0.05, 0) is 24.1 Å². The highest BCUT2D eigenvalue weighted by molar-refractivity contribution is 5.33. The van der Waals surface area contributed by atoms with Crippen molar-refractivity contribution in [3.63, 3.8) is 0 Å². The van der Waals surface area contributed by atoms with Gasteiger partial charge in [-0.2, -0.15) is 13.2 Å². The molecule has 1 rings (SSSR count). The topological polar surface area (TPSA) is 48.1 Å². The van der Waals surface area contributed by atoms with Gasteiger partial charge in [-0.15, -0.1) is 0 Å². The van der Waals surface area contributed by atoms with E-state index in [1.165, 1.54) is 6.20 Å². The summed E-state index contributed by atoms with van der Waals surface area (Å²) in [5.74, 6) is -0.421. The highest BCUT2D eigenvalue weighted by Gasteiger charge is 2.36. The minimum Gasteiger partial charge on any atom is -0.477 e. The minimum absolute atomic E-state index is 0.0207. The first-order chi connectivity index (χ1) is 8.75. The highest BCUT2D eigenvalue weighted by atomic mass is 19.4. The van der Waals surface area contributed by atoms with Gasteiger partial charge in [0.25, 0.3) is 0 Å². The Labute approximate surface area is 111 Å². The summed E-state index contributed by atoms with van der Waals surface area (Å²) in [6.45, 7) is 5.90. The molecule has 3 nitrogen and oxygen atoms in total. The van der Waals surface area contributed by atoms with Crippen LogP contribution in [0.5, 0.6) is 5.88 Å². The molecule has 1 aromatic rings. The fourth-order valence-corrected chi connectivity index (χ4v) is 1.39. The molecule has 1 atom stereocenters. The first-order valence-corrected chi connectivity index (χ1v) is 6.15. The summed E-state index contributed by atoms with van der Waals surface area (Å²) in [7, 11) is 0. The van der Waals surface area contributed by atoms with Crippen LogP contribution in [0.4, 0.5) is 13.2 Å². The number of nitrogens with two attached hydrogens (primary N) is 1. The predicted molar refractivity (Wildman–Crippen MR) is 67.0 cm³/mol. The van der Waals surface area contributed by atoms with Crippen molar-refractivity contribution in [3.05, 3.63) is 23.4 Å². The third-order valence-corrected chi connectivity index (χ3v) is 2.75. The van der Waals surface area contributed by atoms with E-state index in [9.17, 15) is 13.2 Å². The van der Waals surface area contributed by atoms with Gasteiger partial charge in [0.2, 0.25) is 5.88 Å². The number of alkyl halides is 3. The predicted octanol–water partition coefficient (Wildman–Crippen LogP) is 3.20. The van der Waals surface area contributed by atoms with Crippen LogP contribution in [0.3, 0.4) is 0 Å². The van der Waals surface area contributed by atoms with Gasteiger partial charge in [0.15, 0.2) is 0 Å². The van der Waals surface area contributed by atoms with Crippen LogP contribution in [0.1, 0.15) is 37.8 Å². The first-order valence-electron chi connectivity index (χ1n) is 6.15. The average molecular weight is 276 g/mol. The van der Waals surface area contributed by atoms with Crippen molar-refractivity contribution in [2.24, 2.45) is 11.7 Å². The van der Waals surface area contributed by atoms with Crippen LogP contribution in [0.25, 0.3) is 0 Å². The molecule has 0 aliphatic carbocycles. The average Bonchev–Trinajstić information content (AvgIpc) is 2.34. The van der Waals surface area contributed by atoms with Crippen molar-refractivity contribution in [2.75, 3.05) is 13.2 Å². The van der Waals surface area contributed by atoms with Gasteiger partial charge >= 0.3 is 6.18 Å². The Morgan fingerprint density at radius 3 is 2.42 bits per heavy atom. The van der Waals surface area contributed by atoms with Gasteiger partial charge in [-0.1, -0.05) is 20.8 Å². The van der Waals surface area contributed by atoms with Crippen molar-refractivity contribution >= 4 is 0 Å². The second-order valence-electron chi connectivity index (χ2n) is 4.93. The number of aromatic nitrogens is 1. The molecular weight excluding hydrogens is 257 g/mol. The minimum atomic E-state index is -4.47. The van der Waals surface area contributed by atoms with Gasteiger partial charge in [-0.25, -0.2) is 4.98 Å². The second-order valence-corrected chi connectivity index (χ2v) is 4.93. The Morgan fingerprint density at radius 1 is 1.32 bits per heavy atom. The van der Waals surface area contributed by atoms with Crippen LogP contribution >= 0.6 is 0 Å². The smallest absolute Gasteiger partial charge is 0.421 e. The number of rotatable bonds is 5. The van der Waals surface area contributed by atoms with Crippen molar-refractivity contribution in [1.29, 1.82) is 0 Å². The van der Waals surface area contributed by atoms with E-state index in [2.05, 4.69) is 4.98 Å². The lowest BCUT2D eigenvalue weighted by atomic mass is 10.0. The van der Waals surface area contributed by atoms with Crippen molar-refractivity contribution in [3.8, 4) is 5.88 Å². The lowest BCUT2D eigenvalue weighted by Gasteiger charge is -2.17. The number of pyridine rings is 1. The summed E-state index contributed by atoms with van der Waals surface area (Å²) in [5.41, 5.74) is 5.10. The zero-order valence-corrected chi connectivity index (χ0v) is 11.3. The molecule has 0 aromatic carbocycles. The number of hydrogen-bond acceptors (Lipinski definition) is 3. The maximum atomic E-state index is 13.0. The van der Waals surface area contributed by atoms with E-state index in [-0.39, 0.29) is 24.3 Å². The molecule has 0 spiro atoms. The summed E-state index contributed by atoms with van der Waals surface area (Å²) >= 11 is 0. The number of halogens is 3. The fourth-order valence-electron chi connectivity index (χ4n) is 1.39. The Hall–Kier alpha value is -1.30. The molecule has 6 heteroatoms. The van der Waals surface area contributed by atoms with E-state index in [1.807, 2.05) is 13.8 Å². The van der Waals surface area contributed by atoms with E-state index in [0.717, 1.165) is 6.07 Å². The molecule has 108 valence electrons. The molecule has 0 aliphatic heterocycles. The maximum absolute atomic E-state index is 13.0. The van der Waals surface area contributed by atoms with Gasteiger partial charge in [-0.3, -0.25) is 0 Å². The van der Waals surface area contributed by atoms with Gasteiger partial charge < -0.3 is 10.5 Å². The summed E-state index contributed by atoms with van der Waals surface area (Å²) in [5, 5.41) is 0. The summed E-state index contributed by atoms with van der Waals surface area (Å²) in [6.07, 6.45) is -3.05. The van der Waals surface area contributed by atoms with Crippen LogP contribution in [0.2, 0.25) is 0 Å². The summed E-state index contributed by atoms with van der Waals surface area (Å²) in [6, 6.07) is 1.10. The molecule has 0 aliphatic rings. The van der Waals surface area contributed by atoms with Gasteiger partial charge in [0.1, 0.15) is 5.56 Å². The monoisotopic (exact) mass is 276 g/mol. The van der Waals surface area contributed by atoms with Crippen molar-refractivity contribution < 1.29 is 17.9 Å². The summed E-state index contributed by atoms with van der Waals surface area (Å²) < 4.78 is 44.0. The Morgan fingerprint density at radius 2 is 1.95 bits per heavy atom. The SMILES string of the molecule is CC(CN)COc1ncc(C(C)C)cc1C(F)(F)F. The van der Waals surface area contributed by atoms with E-state index >= 15 is 0 Å². The third-order valence-electron chi connectivity index (χ3n) is 2.75. The first kappa shape index (κ1) is 15.8. The lowest BCUT2D eigenvalue weighted by Crippen LogP contribution is -2.20. The molecule has 2 N–H and O–H groups in total. The van der Waals surface area contributed by atoms with Crippen LogP contribution in [0, 0.1) is 5.92 Å². The lowest BCUT2D eigenvalue weighted by molar-refractivity contribution is -0.139. The van der Waals surface area contributed by atoms with Crippen molar-refractivity contribution in [2.45, 2.75) is 32.9 Å². The highest BCUT2D eigenvalue weighted by Crippen LogP contribution is 2.36. The zero-order valence-electron chi connectivity index (χ0n) is 11.3. The molecule has 0 radical (unpaired) electrons. The van der Waals surface area contributed by atoms with Gasteiger partial charge in [0, 0.05) is 12.1 Å². The standard InChI is InChI=1S/C13H19F3N2O/c1-8(2)10-4-11(13(14,15)16)12(18-6-10)19-7-9(3)5-17/h4,6,8-9H,5,7,17H2,1-3H3. The van der Waals surface area contributed by atoms with E-state index in [4.69, 9.17) is 10.5 Å². The molecule has 0 fully saturated rings. The third kappa shape index (κ3) is 4.38. The van der Waals surface area contributed by atoms with E-state index < -0.39 is 11.7 Å². The second kappa shape index (κ2) is 6.23. The zero-order chi connectivity index (χ0) is 14.6. The number of nitrogens with zero attached hydrogens (tertiary/aromatic N) is 1. The maximum Gasteiger partial charge on any atom is 0.421 e. The molecule has 0 bridgehead atoms. The van der Waals surface area contributed by atoms with Crippen LogP contribution in [-0.2, 0) is 6.18 Å². The normalized spacial score (nSPS) is 13.7. The van der Waals surface area contributed by atoms with Crippen LogP contribution in [-0.4, -0.2) is 18.1 Å². The Kier molecular flexibility index (Phi) is 5.17. The molecule has 1 heterocycles. The molecule has 0 amide bonds. The molecular formula is C13H19F3N2O. The number of hydrogen-bond donors (Lipinski definition) is 1. The van der Waals surface area contributed by atoms with Gasteiger partial charge in [0.05, 0.1) is 6.61 Å². The summed E-state index contributed by atoms with van der Waals surface area (Å²) in [4.78, 5) is 3.79. The largest absolute Gasteiger partial charge is 0.477 e. The molecule has 1 unspecified atom stereocenters. The Bertz CT molecular complexity index is 419. The molecule has 0 saturated heterocycles. The Balaban J connectivity index is 3.03. The van der Waals surface area contributed by atoms with Crippen LogP contribution < -0.4 is 10.5 Å². The fraction of sp³-hybridized carbons (Fsp3) is 0.615.